The van der Waals surface area contributed by atoms with E-state index in [0.29, 0.717) is 18.2 Å². The molecular weight excluding hydrogens is 318 g/mol. The van der Waals surface area contributed by atoms with Crippen molar-refractivity contribution in [2.75, 3.05) is 13.6 Å². The number of hydrogen-bond donors (Lipinski definition) is 1. The van der Waals surface area contributed by atoms with E-state index in [0.717, 1.165) is 27.8 Å². The molecule has 0 atom stereocenters. The second-order valence-corrected chi connectivity index (χ2v) is 5.89. The summed E-state index contributed by atoms with van der Waals surface area (Å²) in [6.07, 6.45) is 5.13. The number of rotatable bonds is 3. The van der Waals surface area contributed by atoms with Crippen molar-refractivity contribution in [2.24, 2.45) is 0 Å². The zero-order chi connectivity index (χ0) is 17.4. The monoisotopic (exact) mass is 335 g/mol. The molecule has 1 aromatic carbocycles. The third kappa shape index (κ3) is 2.71. The smallest absolute Gasteiger partial charge is 0.246 e. The van der Waals surface area contributed by atoms with Crippen LogP contribution in [0.5, 0.6) is 11.6 Å². The molecule has 0 fully saturated rings. The van der Waals surface area contributed by atoms with E-state index in [9.17, 15) is 4.79 Å². The highest BCUT2D eigenvalue weighted by atomic mass is 16.5. The lowest BCUT2D eigenvalue weighted by Gasteiger charge is -2.26. The highest BCUT2D eigenvalue weighted by Gasteiger charge is 2.20. The SMILES string of the molecule is Cc1cc(Oc2nccc3occc23)ccc1C1=CNCC(=O)N1C. The number of carbonyl (C=O) groups is 1. The minimum Gasteiger partial charge on any atom is -0.464 e. The Morgan fingerprint density at radius 1 is 1.28 bits per heavy atom. The molecule has 0 saturated carbocycles. The number of nitrogens with one attached hydrogen (secondary N) is 1. The number of carbonyl (C=O) groups excluding carboxylic acids is 1. The van der Waals surface area contributed by atoms with Crippen molar-refractivity contribution in [1.82, 2.24) is 15.2 Å². The van der Waals surface area contributed by atoms with Gasteiger partial charge in [0.25, 0.3) is 0 Å². The van der Waals surface area contributed by atoms with Crippen LogP contribution in [-0.4, -0.2) is 29.4 Å². The molecule has 1 aliphatic heterocycles. The molecule has 1 aliphatic rings. The number of amides is 1. The summed E-state index contributed by atoms with van der Waals surface area (Å²) in [5, 5.41) is 3.83. The van der Waals surface area contributed by atoms with Crippen LogP contribution in [0.4, 0.5) is 0 Å². The molecule has 126 valence electrons. The van der Waals surface area contributed by atoms with Crippen LogP contribution < -0.4 is 10.1 Å². The fourth-order valence-corrected chi connectivity index (χ4v) is 2.89. The van der Waals surface area contributed by atoms with Gasteiger partial charge in [-0.2, -0.15) is 0 Å². The summed E-state index contributed by atoms with van der Waals surface area (Å²) < 4.78 is 11.3. The molecule has 25 heavy (non-hydrogen) atoms. The molecule has 0 radical (unpaired) electrons. The number of fused-ring (bicyclic) bond motifs is 1. The number of hydrogen-bond acceptors (Lipinski definition) is 5. The van der Waals surface area contributed by atoms with Crippen LogP contribution in [0.15, 0.2) is 53.4 Å². The lowest BCUT2D eigenvalue weighted by atomic mass is 10.0. The van der Waals surface area contributed by atoms with Crippen molar-refractivity contribution >= 4 is 22.6 Å². The number of pyridine rings is 1. The van der Waals surface area contributed by atoms with Crippen LogP contribution in [0.3, 0.4) is 0 Å². The van der Waals surface area contributed by atoms with Crippen LogP contribution in [0.25, 0.3) is 16.7 Å². The lowest BCUT2D eigenvalue weighted by Crippen LogP contribution is -2.37. The molecule has 0 aliphatic carbocycles. The second-order valence-electron chi connectivity index (χ2n) is 5.89. The molecule has 2 aromatic heterocycles. The van der Waals surface area contributed by atoms with Gasteiger partial charge in [-0.3, -0.25) is 4.79 Å². The van der Waals surface area contributed by atoms with Gasteiger partial charge in [0.05, 0.1) is 23.9 Å². The molecule has 0 bridgehead atoms. The molecule has 1 N–H and O–H groups in total. The van der Waals surface area contributed by atoms with E-state index in [1.165, 1.54) is 0 Å². The van der Waals surface area contributed by atoms with E-state index in [1.54, 1.807) is 30.5 Å². The van der Waals surface area contributed by atoms with E-state index in [4.69, 9.17) is 9.15 Å². The molecule has 0 unspecified atom stereocenters. The fourth-order valence-electron chi connectivity index (χ4n) is 2.89. The maximum atomic E-state index is 11.9. The van der Waals surface area contributed by atoms with E-state index in [-0.39, 0.29) is 5.91 Å². The highest BCUT2D eigenvalue weighted by Crippen LogP contribution is 2.31. The van der Waals surface area contributed by atoms with Gasteiger partial charge in [0, 0.05) is 25.0 Å². The molecule has 1 amide bonds. The first kappa shape index (κ1) is 15.3. The highest BCUT2D eigenvalue weighted by molar-refractivity contribution is 5.90. The maximum absolute atomic E-state index is 11.9. The second kappa shape index (κ2) is 5.98. The molecule has 6 nitrogen and oxygen atoms in total. The standard InChI is InChI=1S/C19H17N3O3/c1-12-9-13(25-19-15-6-8-24-17(15)5-7-21-19)3-4-14(12)16-10-20-11-18(23)22(16)2/h3-10,20H,11H2,1-2H3. The van der Waals surface area contributed by atoms with Crippen molar-refractivity contribution in [3.63, 3.8) is 0 Å². The predicted octanol–water partition coefficient (Wildman–Crippen LogP) is 3.29. The summed E-state index contributed by atoms with van der Waals surface area (Å²) in [6.45, 7) is 2.31. The van der Waals surface area contributed by atoms with E-state index < -0.39 is 0 Å². The van der Waals surface area contributed by atoms with Crippen LogP contribution >= 0.6 is 0 Å². The third-order valence-corrected chi connectivity index (χ3v) is 4.26. The average molecular weight is 335 g/mol. The Kier molecular flexibility index (Phi) is 3.65. The number of furan rings is 1. The molecule has 0 spiro atoms. The number of nitrogens with zero attached hydrogens (tertiary/aromatic N) is 2. The normalized spacial score (nSPS) is 14.4. The Hall–Kier alpha value is -3.28. The van der Waals surface area contributed by atoms with Crippen LogP contribution in [-0.2, 0) is 4.79 Å². The van der Waals surface area contributed by atoms with Crippen LogP contribution in [0, 0.1) is 6.92 Å². The quantitative estimate of drug-likeness (QED) is 0.795. The molecule has 3 heterocycles. The topological polar surface area (TPSA) is 67.6 Å². The zero-order valence-corrected chi connectivity index (χ0v) is 13.9. The fraction of sp³-hybridized carbons (Fsp3) is 0.158. The Bertz CT molecular complexity index is 990. The summed E-state index contributed by atoms with van der Waals surface area (Å²) in [4.78, 5) is 17.8. The molecular formula is C19H17N3O3. The Morgan fingerprint density at radius 3 is 3.00 bits per heavy atom. The number of ether oxygens (including phenoxy) is 1. The number of benzene rings is 1. The van der Waals surface area contributed by atoms with Gasteiger partial charge < -0.3 is 19.4 Å². The van der Waals surface area contributed by atoms with Gasteiger partial charge in [-0.15, -0.1) is 0 Å². The Morgan fingerprint density at radius 2 is 2.16 bits per heavy atom. The first-order valence-electron chi connectivity index (χ1n) is 7.94. The van der Waals surface area contributed by atoms with Crippen molar-refractivity contribution in [1.29, 1.82) is 0 Å². The lowest BCUT2D eigenvalue weighted by molar-refractivity contribution is -0.126. The maximum Gasteiger partial charge on any atom is 0.246 e. The van der Waals surface area contributed by atoms with Gasteiger partial charge in [0.15, 0.2) is 0 Å². The Labute approximate surface area is 144 Å². The zero-order valence-electron chi connectivity index (χ0n) is 13.9. The largest absolute Gasteiger partial charge is 0.464 e. The molecule has 0 saturated heterocycles. The average Bonchev–Trinajstić information content (AvgIpc) is 3.08. The van der Waals surface area contributed by atoms with Gasteiger partial charge in [-0.05, 0) is 42.8 Å². The van der Waals surface area contributed by atoms with E-state index in [1.807, 2.05) is 37.4 Å². The van der Waals surface area contributed by atoms with E-state index in [2.05, 4.69) is 10.3 Å². The summed E-state index contributed by atoms with van der Waals surface area (Å²) >= 11 is 0. The van der Waals surface area contributed by atoms with Crippen LogP contribution in [0.2, 0.25) is 0 Å². The summed E-state index contributed by atoms with van der Waals surface area (Å²) in [5.41, 5.74) is 3.56. The summed E-state index contributed by atoms with van der Waals surface area (Å²) in [5.74, 6) is 1.22. The Balaban J connectivity index is 1.65. The van der Waals surface area contributed by atoms with Crippen molar-refractivity contribution in [3.05, 3.63) is 60.1 Å². The number of likely N-dealkylation sites (N-methyl/N-ethyl adjacent to an activating group) is 1. The van der Waals surface area contributed by atoms with Gasteiger partial charge >= 0.3 is 0 Å². The van der Waals surface area contributed by atoms with Gasteiger partial charge in [-0.1, -0.05) is 0 Å². The van der Waals surface area contributed by atoms with Crippen molar-refractivity contribution in [3.8, 4) is 11.6 Å². The van der Waals surface area contributed by atoms with Gasteiger partial charge in [0.1, 0.15) is 11.3 Å². The minimum absolute atomic E-state index is 0.0352. The minimum atomic E-state index is 0.0352. The predicted molar refractivity (Wildman–Crippen MR) is 94.0 cm³/mol. The number of aromatic nitrogens is 1. The van der Waals surface area contributed by atoms with E-state index >= 15 is 0 Å². The number of aryl methyl sites for hydroxylation is 1. The molecule has 3 aromatic rings. The third-order valence-electron chi connectivity index (χ3n) is 4.26. The first-order valence-corrected chi connectivity index (χ1v) is 7.94. The summed E-state index contributed by atoms with van der Waals surface area (Å²) in [7, 11) is 1.78. The van der Waals surface area contributed by atoms with Gasteiger partial charge in [0.2, 0.25) is 11.8 Å². The first-order chi connectivity index (χ1) is 12.1. The molecule has 6 heteroatoms. The van der Waals surface area contributed by atoms with Crippen molar-refractivity contribution in [2.45, 2.75) is 6.92 Å². The molecule has 4 rings (SSSR count). The van der Waals surface area contributed by atoms with Crippen LogP contribution in [0.1, 0.15) is 11.1 Å². The van der Waals surface area contributed by atoms with Crippen molar-refractivity contribution < 1.29 is 13.9 Å². The van der Waals surface area contributed by atoms with Gasteiger partial charge in [-0.25, -0.2) is 4.98 Å². The summed E-state index contributed by atoms with van der Waals surface area (Å²) in [6, 6.07) is 9.38.